The predicted octanol–water partition coefficient (Wildman–Crippen LogP) is 0.539. The van der Waals surface area contributed by atoms with Crippen LogP contribution in [0.5, 0.6) is 0 Å². The lowest BCUT2D eigenvalue weighted by Crippen LogP contribution is -2.32. The van der Waals surface area contributed by atoms with Gasteiger partial charge in [-0.2, -0.15) is 13.1 Å². The van der Waals surface area contributed by atoms with Gasteiger partial charge >= 0.3 is 10.2 Å². The molecular formula is C7H9ClN4O2S. The first-order valence-corrected chi connectivity index (χ1v) is 6.19. The highest BCUT2D eigenvalue weighted by molar-refractivity contribution is 7.90. The lowest BCUT2D eigenvalue weighted by Gasteiger charge is -2.07. The number of anilines is 1. The Morgan fingerprint density at radius 3 is 2.60 bits per heavy atom. The zero-order chi connectivity index (χ0) is 10.9. The summed E-state index contributed by atoms with van der Waals surface area (Å²) in [6, 6.07) is 0.0398. The fourth-order valence-corrected chi connectivity index (χ4v) is 2.31. The molecule has 6 nitrogen and oxygen atoms in total. The number of halogens is 1. The number of hydrogen-bond donors (Lipinski definition) is 2. The van der Waals surface area contributed by atoms with Crippen molar-refractivity contribution < 1.29 is 8.42 Å². The fraction of sp³-hybridized carbons (Fsp3) is 0.429. The Morgan fingerprint density at radius 2 is 2.00 bits per heavy atom. The van der Waals surface area contributed by atoms with Gasteiger partial charge < -0.3 is 0 Å². The molecule has 15 heavy (non-hydrogen) atoms. The number of hydrogen-bond acceptors (Lipinski definition) is 4. The van der Waals surface area contributed by atoms with E-state index >= 15 is 0 Å². The van der Waals surface area contributed by atoms with E-state index in [0.717, 1.165) is 12.8 Å². The maximum Gasteiger partial charge on any atom is 0.300 e. The third-order valence-electron chi connectivity index (χ3n) is 1.78. The molecular weight excluding hydrogens is 240 g/mol. The van der Waals surface area contributed by atoms with Crippen molar-refractivity contribution in [2.24, 2.45) is 0 Å². The first-order chi connectivity index (χ1) is 7.07. The van der Waals surface area contributed by atoms with Crippen LogP contribution in [-0.4, -0.2) is 24.4 Å². The van der Waals surface area contributed by atoms with Crippen molar-refractivity contribution >= 4 is 27.6 Å². The van der Waals surface area contributed by atoms with E-state index in [1.165, 1.54) is 12.4 Å². The summed E-state index contributed by atoms with van der Waals surface area (Å²) in [5, 5.41) is 0.0265. The van der Waals surface area contributed by atoms with Crippen molar-refractivity contribution in [3.8, 4) is 0 Å². The molecule has 1 saturated carbocycles. The number of nitrogens with zero attached hydrogens (tertiary/aromatic N) is 2. The monoisotopic (exact) mass is 248 g/mol. The van der Waals surface area contributed by atoms with E-state index in [-0.39, 0.29) is 17.0 Å². The first-order valence-electron chi connectivity index (χ1n) is 4.33. The van der Waals surface area contributed by atoms with Gasteiger partial charge in [0, 0.05) is 18.4 Å². The number of nitrogens with one attached hydrogen (secondary N) is 2. The third-order valence-corrected chi connectivity index (χ3v) is 3.17. The Balaban J connectivity index is 2.10. The van der Waals surface area contributed by atoms with Crippen molar-refractivity contribution in [2.45, 2.75) is 18.9 Å². The van der Waals surface area contributed by atoms with Gasteiger partial charge in [-0.3, -0.25) is 4.72 Å². The van der Waals surface area contributed by atoms with Gasteiger partial charge in [-0.1, -0.05) is 11.6 Å². The van der Waals surface area contributed by atoms with Crippen molar-refractivity contribution in [1.82, 2.24) is 14.7 Å². The molecule has 2 rings (SSSR count). The van der Waals surface area contributed by atoms with Crippen LogP contribution in [0.25, 0.3) is 0 Å². The van der Waals surface area contributed by atoms with Crippen LogP contribution in [0, 0.1) is 0 Å². The van der Waals surface area contributed by atoms with Crippen LogP contribution >= 0.6 is 11.6 Å². The first kappa shape index (κ1) is 10.6. The SMILES string of the molecule is O=S(=O)(Nc1nccnc1Cl)NC1CC1. The Bertz CT molecular complexity index is 460. The van der Waals surface area contributed by atoms with Gasteiger partial charge in [0.05, 0.1) is 0 Å². The summed E-state index contributed by atoms with van der Waals surface area (Å²) in [7, 11) is -3.58. The molecule has 0 saturated heterocycles. The fourth-order valence-electron chi connectivity index (χ4n) is 0.967. The maximum atomic E-state index is 11.5. The van der Waals surface area contributed by atoms with Crippen LogP contribution in [0.15, 0.2) is 12.4 Å². The largest absolute Gasteiger partial charge is 0.300 e. The van der Waals surface area contributed by atoms with Gasteiger partial charge in [0.15, 0.2) is 11.0 Å². The standard InChI is InChI=1S/C7H9ClN4O2S/c8-6-7(10-4-3-9-6)12-15(13,14)11-5-1-2-5/h3-5,11H,1-2H2,(H,10,12). The van der Waals surface area contributed by atoms with Crippen LogP contribution in [0.3, 0.4) is 0 Å². The maximum absolute atomic E-state index is 11.5. The zero-order valence-electron chi connectivity index (χ0n) is 7.64. The third kappa shape index (κ3) is 3.01. The van der Waals surface area contributed by atoms with E-state index in [2.05, 4.69) is 19.4 Å². The molecule has 0 atom stereocenters. The highest BCUT2D eigenvalue weighted by atomic mass is 35.5. The molecule has 0 aromatic carbocycles. The summed E-state index contributed by atoms with van der Waals surface area (Å²) in [6.45, 7) is 0. The van der Waals surface area contributed by atoms with Gasteiger partial charge in [0.25, 0.3) is 0 Å². The van der Waals surface area contributed by atoms with Crippen LogP contribution in [0.2, 0.25) is 5.15 Å². The Labute approximate surface area is 92.3 Å². The Kier molecular flexibility index (Phi) is 2.76. The second kappa shape index (κ2) is 3.92. The minimum atomic E-state index is -3.58. The lowest BCUT2D eigenvalue weighted by atomic mass is 10.7. The highest BCUT2D eigenvalue weighted by Gasteiger charge is 2.27. The smallest absolute Gasteiger partial charge is 0.252 e. The Morgan fingerprint density at radius 1 is 1.33 bits per heavy atom. The number of aromatic nitrogens is 2. The molecule has 1 aromatic rings. The predicted molar refractivity (Wildman–Crippen MR) is 55.7 cm³/mol. The summed E-state index contributed by atoms with van der Waals surface area (Å²) >= 11 is 5.65. The molecule has 1 fully saturated rings. The van der Waals surface area contributed by atoms with Crippen molar-refractivity contribution in [3.05, 3.63) is 17.5 Å². The molecule has 0 bridgehead atoms. The van der Waals surface area contributed by atoms with Gasteiger partial charge in [-0.05, 0) is 12.8 Å². The molecule has 2 N–H and O–H groups in total. The molecule has 1 aliphatic carbocycles. The second-order valence-electron chi connectivity index (χ2n) is 3.19. The van der Waals surface area contributed by atoms with E-state index in [0.29, 0.717) is 0 Å². The molecule has 1 aliphatic rings. The molecule has 82 valence electrons. The van der Waals surface area contributed by atoms with Gasteiger partial charge in [0.2, 0.25) is 0 Å². The molecule has 8 heteroatoms. The minimum absolute atomic E-state index is 0.0265. The summed E-state index contributed by atoms with van der Waals surface area (Å²) in [6.07, 6.45) is 4.49. The van der Waals surface area contributed by atoms with E-state index in [1.807, 2.05) is 0 Å². The van der Waals surface area contributed by atoms with E-state index in [9.17, 15) is 8.42 Å². The molecule has 0 unspecified atom stereocenters. The molecule has 0 radical (unpaired) electrons. The second-order valence-corrected chi connectivity index (χ2v) is 5.00. The van der Waals surface area contributed by atoms with Crippen molar-refractivity contribution in [1.29, 1.82) is 0 Å². The van der Waals surface area contributed by atoms with Crippen LogP contribution in [0.4, 0.5) is 5.82 Å². The highest BCUT2D eigenvalue weighted by Crippen LogP contribution is 2.21. The summed E-state index contributed by atoms with van der Waals surface area (Å²) in [4.78, 5) is 7.47. The average molecular weight is 249 g/mol. The Hall–Kier alpha value is -0.920. The molecule has 0 aliphatic heterocycles. The van der Waals surface area contributed by atoms with Gasteiger partial charge in [-0.15, -0.1) is 0 Å². The average Bonchev–Trinajstić information content (AvgIpc) is 2.91. The molecule has 1 aromatic heterocycles. The molecule has 0 spiro atoms. The quantitative estimate of drug-likeness (QED) is 0.815. The summed E-state index contributed by atoms with van der Waals surface area (Å²) in [5.74, 6) is 0.0346. The lowest BCUT2D eigenvalue weighted by molar-refractivity contribution is 0.586. The normalized spacial score (nSPS) is 16.3. The van der Waals surface area contributed by atoms with Gasteiger partial charge in [-0.25, -0.2) is 9.97 Å². The van der Waals surface area contributed by atoms with E-state index < -0.39 is 10.2 Å². The summed E-state index contributed by atoms with van der Waals surface area (Å²) in [5.41, 5.74) is 0. The molecule has 0 amide bonds. The summed E-state index contributed by atoms with van der Waals surface area (Å²) < 4.78 is 27.6. The number of rotatable bonds is 4. The zero-order valence-corrected chi connectivity index (χ0v) is 9.22. The van der Waals surface area contributed by atoms with E-state index in [1.54, 1.807) is 0 Å². The minimum Gasteiger partial charge on any atom is -0.252 e. The van der Waals surface area contributed by atoms with Crippen molar-refractivity contribution in [2.75, 3.05) is 4.72 Å². The van der Waals surface area contributed by atoms with Crippen LogP contribution in [-0.2, 0) is 10.2 Å². The van der Waals surface area contributed by atoms with Crippen LogP contribution in [0.1, 0.15) is 12.8 Å². The molecule has 1 heterocycles. The van der Waals surface area contributed by atoms with E-state index in [4.69, 9.17) is 11.6 Å². The van der Waals surface area contributed by atoms with Crippen LogP contribution < -0.4 is 9.44 Å². The van der Waals surface area contributed by atoms with Crippen molar-refractivity contribution in [3.63, 3.8) is 0 Å². The topological polar surface area (TPSA) is 84.0 Å². The van der Waals surface area contributed by atoms with Gasteiger partial charge in [0.1, 0.15) is 0 Å².